The van der Waals surface area contributed by atoms with Gasteiger partial charge in [0, 0.05) is 6.54 Å². The van der Waals surface area contributed by atoms with E-state index < -0.39 is 6.36 Å². The molecule has 0 aliphatic carbocycles. The van der Waals surface area contributed by atoms with Gasteiger partial charge in [0.15, 0.2) is 0 Å². The standard InChI is InChI=1S/C14H19BrF3NO2/c1-9(2)7-19-8-10(3)20-11-4-5-13(12(15)6-11)21-14(16,17)18/h4-6,9-10,19H,7-8H2,1-3H3. The molecular weight excluding hydrogens is 351 g/mol. The molecule has 1 aromatic carbocycles. The molecule has 7 heteroatoms. The van der Waals surface area contributed by atoms with Crippen molar-refractivity contribution in [3.8, 4) is 11.5 Å². The fourth-order valence-corrected chi connectivity index (χ4v) is 2.05. The summed E-state index contributed by atoms with van der Waals surface area (Å²) in [6.45, 7) is 7.65. The lowest BCUT2D eigenvalue weighted by atomic mass is 10.2. The van der Waals surface area contributed by atoms with E-state index in [1.54, 1.807) is 0 Å². The van der Waals surface area contributed by atoms with E-state index in [9.17, 15) is 13.2 Å². The third-order valence-corrected chi connectivity index (χ3v) is 3.07. The summed E-state index contributed by atoms with van der Waals surface area (Å²) in [6.07, 6.45) is -4.80. The van der Waals surface area contributed by atoms with Crippen LogP contribution in [0.3, 0.4) is 0 Å². The van der Waals surface area contributed by atoms with Gasteiger partial charge in [-0.3, -0.25) is 0 Å². The second kappa shape index (κ2) is 7.89. The zero-order valence-electron chi connectivity index (χ0n) is 12.1. The summed E-state index contributed by atoms with van der Waals surface area (Å²) in [6, 6.07) is 4.13. The number of hydrogen-bond donors (Lipinski definition) is 1. The van der Waals surface area contributed by atoms with E-state index in [4.69, 9.17) is 4.74 Å². The van der Waals surface area contributed by atoms with Gasteiger partial charge in [0.1, 0.15) is 17.6 Å². The first-order chi connectivity index (χ1) is 9.67. The quantitative estimate of drug-likeness (QED) is 0.774. The third-order valence-electron chi connectivity index (χ3n) is 2.45. The summed E-state index contributed by atoms with van der Waals surface area (Å²) < 4.78 is 46.2. The van der Waals surface area contributed by atoms with Gasteiger partial charge in [-0.15, -0.1) is 13.2 Å². The van der Waals surface area contributed by atoms with Crippen LogP contribution in [0.5, 0.6) is 11.5 Å². The Morgan fingerprint density at radius 1 is 1.19 bits per heavy atom. The molecule has 1 rings (SSSR count). The Kier molecular flexibility index (Phi) is 6.80. The summed E-state index contributed by atoms with van der Waals surface area (Å²) in [5.41, 5.74) is 0. The first kappa shape index (κ1) is 18.1. The van der Waals surface area contributed by atoms with Gasteiger partial charge < -0.3 is 14.8 Å². The number of halogens is 4. The number of nitrogens with one attached hydrogen (secondary N) is 1. The maximum Gasteiger partial charge on any atom is 0.573 e. The summed E-state index contributed by atoms with van der Waals surface area (Å²) in [4.78, 5) is 0. The minimum Gasteiger partial charge on any atom is -0.489 e. The van der Waals surface area contributed by atoms with Crippen LogP contribution < -0.4 is 14.8 Å². The number of benzene rings is 1. The smallest absolute Gasteiger partial charge is 0.489 e. The van der Waals surface area contributed by atoms with E-state index in [1.807, 2.05) is 6.92 Å². The monoisotopic (exact) mass is 369 g/mol. The predicted molar refractivity (Wildman–Crippen MR) is 78.6 cm³/mol. The Morgan fingerprint density at radius 3 is 2.38 bits per heavy atom. The largest absolute Gasteiger partial charge is 0.573 e. The molecule has 0 aliphatic heterocycles. The molecule has 1 aromatic rings. The Hall–Kier alpha value is -0.950. The normalized spacial score (nSPS) is 13.3. The molecule has 0 radical (unpaired) electrons. The molecule has 0 saturated heterocycles. The molecule has 0 fully saturated rings. The van der Waals surface area contributed by atoms with Crippen LogP contribution in [0.1, 0.15) is 20.8 Å². The van der Waals surface area contributed by atoms with Gasteiger partial charge in [-0.1, -0.05) is 13.8 Å². The minimum absolute atomic E-state index is 0.0926. The van der Waals surface area contributed by atoms with Crippen LogP contribution in [0, 0.1) is 5.92 Å². The van der Waals surface area contributed by atoms with Crippen LogP contribution in [-0.2, 0) is 0 Å². The maximum atomic E-state index is 12.2. The first-order valence-corrected chi connectivity index (χ1v) is 7.39. The molecule has 0 heterocycles. The molecule has 3 nitrogen and oxygen atoms in total. The third kappa shape index (κ3) is 7.57. The molecule has 1 atom stereocenters. The van der Waals surface area contributed by atoms with Gasteiger partial charge in [0.25, 0.3) is 0 Å². The minimum atomic E-state index is -4.71. The van der Waals surface area contributed by atoms with Crippen LogP contribution in [0.15, 0.2) is 22.7 Å². The number of ether oxygens (including phenoxy) is 2. The molecule has 1 N–H and O–H groups in total. The molecule has 0 amide bonds. The number of alkyl halides is 3. The van der Waals surface area contributed by atoms with Crippen molar-refractivity contribution in [2.45, 2.75) is 33.2 Å². The molecule has 1 unspecified atom stereocenters. The maximum absolute atomic E-state index is 12.2. The lowest BCUT2D eigenvalue weighted by Gasteiger charge is -2.17. The molecule has 21 heavy (non-hydrogen) atoms. The zero-order chi connectivity index (χ0) is 16.0. The van der Waals surface area contributed by atoms with Gasteiger partial charge in [-0.2, -0.15) is 0 Å². The fourth-order valence-electron chi connectivity index (χ4n) is 1.61. The van der Waals surface area contributed by atoms with Crippen molar-refractivity contribution in [2.24, 2.45) is 5.92 Å². The summed E-state index contributed by atoms with van der Waals surface area (Å²) in [5.74, 6) is 0.737. The molecule has 0 saturated carbocycles. The zero-order valence-corrected chi connectivity index (χ0v) is 13.7. The van der Waals surface area contributed by atoms with Crippen molar-refractivity contribution in [1.29, 1.82) is 0 Å². The molecule has 0 aliphatic rings. The molecule has 0 spiro atoms. The lowest BCUT2D eigenvalue weighted by molar-refractivity contribution is -0.274. The van der Waals surface area contributed by atoms with Gasteiger partial charge in [0.2, 0.25) is 0 Å². The van der Waals surface area contributed by atoms with Gasteiger partial charge in [0.05, 0.1) is 4.47 Å². The summed E-state index contributed by atoms with van der Waals surface area (Å²) in [7, 11) is 0. The summed E-state index contributed by atoms with van der Waals surface area (Å²) in [5, 5.41) is 3.25. The van der Waals surface area contributed by atoms with Crippen LogP contribution in [0.25, 0.3) is 0 Å². The number of rotatable bonds is 7. The fraction of sp³-hybridized carbons (Fsp3) is 0.571. The Balaban J connectivity index is 2.55. The van der Waals surface area contributed by atoms with Crippen LogP contribution in [-0.4, -0.2) is 25.6 Å². The SMILES string of the molecule is CC(C)CNCC(C)Oc1ccc(OC(F)(F)F)c(Br)c1. The van der Waals surface area contributed by atoms with E-state index in [2.05, 4.69) is 39.8 Å². The molecular formula is C14H19BrF3NO2. The molecule has 120 valence electrons. The Bertz CT molecular complexity index is 452. The van der Waals surface area contributed by atoms with E-state index in [1.165, 1.54) is 18.2 Å². The highest BCUT2D eigenvalue weighted by Gasteiger charge is 2.32. The van der Waals surface area contributed by atoms with Crippen LogP contribution >= 0.6 is 15.9 Å². The van der Waals surface area contributed by atoms with Gasteiger partial charge in [-0.25, -0.2) is 0 Å². The predicted octanol–water partition coefficient (Wildman–Crippen LogP) is 4.36. The van der Waals surface area contributed by atoms with Crippen LogP contribution in [0.4, 0.5) is 13.2 Å². The highest BCUT2D eigenvalue weighted by molar-refractivity contribution is 9.10. The molecule has 0 aromatic heterocycles. The first-order valence-electron chi connectivity index (χ1n) is 6.60. The average Bonchev–Trinajstić information content (AvgIpc) is 2.30. The van der Waals surface area contributed by atoms with Crippen molar-refractivity contribution in [3.05, 3.63) is 22.7 Å². The Morgan fingerprint density at radius 2 is 1.86 bits per heavy atom. The number of hydrogen-bond acceptors (Lipinski definition) is 3. The van der Waals surface area contributed by atoms with Crippen molar-refractivity contribution in [2.75, 3.05) is 13.1 Å². The van der Waals surface area contributed by atoms with Gasteiger partial charge in [-0.05, 0) is 53.5 Å². The van der Waals surface area contributed by atoms with Crippen LogP contribution in [0.2, 0.25) is 0 Å². The second-order valence-electron chi connectivity index (χ2n) is 5.12. The van der Waals surface area contributed by atoms with Crippen molar-refractivity contribution in [1.82, 2.24) is 5.32 Å². The average molecular weight is 370 g/mol. The Labute approximate surface area is 130 Å². The van der Waals surface area contributed by atoms with Crippen molar-refractivity contribution < 1.29 is 22.6 Å². The highest BCUT2D eigenvalue weighted by Crippen LogP contribution is 2.33. The second-order valence-corrected chi connectivity index (χ2v) is 5.97. The van der Waals surface area contributed by atoms with E-state index in [-0.39, 0.29) is 16.3 Å². The van der Waals surface area contributed by atoms with E-state index >= 15 is 0 Å². The topological polar surface area (TPSA) is 30.5 Å². The molecule has 0 bridgehead atoms. The highest BCUT2D eigenvalue weighted by atomic mass is 79.9. The van der Waals surface area contributed by atoms with Crippen molar-refractivity contribution >= 4 is 15.9 Å². The van der Waals surface area contributed by atoms with Gasteiger partial charge >= 0.3 is 6.36 Å². The van der Waals surface area contributed by atoms with E-state index in [0.29, 0.717) is 18.2 Å². The van der Waals surface area contributed by atoms with Crippen molar-refractivity contribution in [3.63, 3.8) is 0 Å². The lowest BCUT2D eigenvalue weighted by Crippen LogP contribution is -2.31. The summed E-state index contributed by atoms with van der Waals surface area (Å²) >= 11 is 3.04. The van der Waals surface area contributed by atoms with E-state index in [0.717, 1.165) is 6.54 Å².